The molecule has 0 atom stereocenters. The average Bonchev–Trinajstić information content (AvgIpc) is 4.11. The standard InChI is InChI=1S/C10H8.C9H8.C8H7N.C7H6N2.C6H5N3.5C4H10/c1-2-6-10-8-4-3-7-9(10)5-1;1-2-5-9-7-3-6-8(9)4-1;1-2-6-9-7-3-5-8(9)4-1;1-2-5-9-6-4-8-7(9)3-1;1-2-7-6-8-3-5-9(6)4-1;5*1-4(2)3/h1-8H;1-6H,7H2;1-7H;1-6H;1-5H;5*4H,1-3H3. The molecule has 9 aromatic rings. The van der Waals surface area contributed by atoms with Crippen LogP contribution >= 0.6 is 0 Å². The van der Waals surface area contributed by atoms with Crippen molar-refractivity contribution in [2.75, 3.05) is 0 Å². The van der Waals surface area contributed by atoms with Crippen molar-refractivity contribution >= 4 is 33.8 Å². The molecule has 6 heteroatoms. The SMILES string of the molecule is C1=Cc2ccccc2C1.CC(C)C.CC(C)C.CC(C)C.CC(C)C.CC(C)C.c1ccc2ccccc2c1.c1ccn2cccc2c1.c1ccn2ccnc2c1.c1cnc2nccn2c1. The first kappa shape index (κ1) is 57.7. The van der Waals surface area contributed by atoms with Crippen molar-refractivity contribution in [1.82, 2.24) is 28.2 Å². The Labute approximate surface area is 400 Å². The molecular formula is C60H84N6. The number of rotatable bonds is 0. The summed E-state index contributed by atoms with van der Waals surface area (Å²) in [7, 11) is 0. The van der Waals surface area contributed by atoms with Crippen LogP contribution < -0.4 is 0 Å². The summed E-state index contributed by atoms with van der Waals surface area (Å²) in [5.41, 5.74) is 5.09. The van der Waals surface area contributed by atoms with Crippen LogP contribution in [0.5, 0.6) is 0 Å². The molecule has 0 spiro atoms. The van der Waals surface area contributed by atoms with Gasteiger partial charge in [0.2, 0.25) is 5.78 Å². The van der Waals surface area contributed by atoms with Crippen LogP contribution in [0.3, 0.4) is 0 Å². The maximum atomic E-state index is 4.08. The normalized spacial score (nSPS) is 10.3. The van der Waals surface area contributed by atoms with Gasteiger partial charge in [0.1, 0.15) is 5.65 Å². The van der Waals surface area contributed by atoms with E-state index in [1.165, 1.54) is 27.4 Å². The number of benzene rings is 3. The van der Waals surface area contributed by atoms with Gasteiger partial charge in [0.05, 0.1) is 0 Å². The highest BCUT2D eigenvalue weighted by atomic mass is 15.1. The summed E-state index contributed by atoms with van der Waals surface area (Å²) in [5.74, 6) is 4.91. The third kappa shape index (κ3) is 29.2. The third-order valence-electron chi connectivity index (χ3n) is 7.26. The number of fused-ring (bicyclic) bond motifs is 5. The van der Waals surface area contributed by atoms with E-state index in [0.717, 1.165) is 47.4 Å². The van der Waals surface area contributed by atoms with E-state index in [-0.39, 0.29) is 0 Å². The molecule has 0 unspecified atom stereocenters. The van der Waals surface area contributed by atoms with E-state index >= 15 is 0 Å². The first-order chi connectivity index (χ1) is 31.5. The zero-order chi connectivity index (χ0) is 49.1. The zero-order valence-electron chi connectivity index (χ0n) is 43.3. The molecule has 1 aliphatic carbocycles. The molecular weight excluding hydrogens is 805 g/mol. The fourth-order valence-electron chi connectivity index (χ4n) is 4.94. The zero-order valence-corrected chi connectivity index (χ0v) is 43.3. The lowest BCUT2D eigenvalue weighted by molar-refractivity contribution is 0.736. The van der Waals surface area contributed by atoms with E-state index in [4.69, 9.17) is 0 Å². The minimum atomic E-state index is 0.748. The summed E-state index contributed by atoms with van der Waals surface area (Å²) in [6, 6.07) is 43.3. The Kier molecular flexibility index (Phi) is 30.7. The Balaban J connectivity index is 0.000000376. The first-order valence-electron chi connectivity index (χ1n) is 23.8. The second-order valence-electron chi connectivity index (χ2n) is 19.0. The van der Waals surface area contributed by atoms with E-state index in [1.807, 2.05) is 88.4 Å². The summed E-state index contributed by atoms with van der Waals surface area (Å²) in [4.78, 5) is 12.0. The smallest absolute Gasteiger partial charge is 0.233 e. The Hall–Kier alpha value is -6.27. The fourth-order valence-corrected chi connectivity index (χ4v) is 4.94. The van der Waals surface area contributed by atoms with Crippen molar-refractivity contribution in [3.8, 4) is 0 Å². The van der Waals surface area contributed by atoms with Crippen LogP contribution in [0.1, 0.15) is 115 Å². The highest BCUT2D eigenvalue weighted by molar-refractivity contribution is 5.82. The van der Waals surface area contributed by atoms with Gasteiger partial charge in [-0.15, -0.1) is 0 Å². The maximum absolute atomic E-state index is 4.08. The van der Waals surface area contributed by atoms with Crippen LogP contribution in [-0.2, 0) is 6.42 Å². The average molecular weight is 889 g/mol. The molecule has 0 aliphatic heterocycles. The Morgan fingerprint density at radius 3 is 1.29 bits per heavy atom. The molecule has 0 N–H and O–H groups in total. The van der Waals surface area contributed by atoms with Crippen molar-refractivity contribution < 1.29 is 0 Å². The molecule has 6 nitrogen and oxygen atoms in total. The largest absolute Gasteiger partial charge is 0.324 e. The van der Waals surface area contributed by atoms with Crippen LogP contribution in [0.25, 0.3) is 33.8 Å². The molecule has 3 aromatic carbocycles. The van der Waals surface area contributed by atoms with Crippen LogP contribution in [0.15, 0.2) is 189 Å². The predicted molar refractivity (Wildman–Crippen MR) is 291 cm³/mol. The molecule has 6 aromatic heterocycles. The highest BCUT2D eigenvalue weighted by Gasteiger charge is 2.00. The summed E-state index contributed by atoms with van der Waals surface area (Å²) in [5, 5.41) is 2.62. The molecule has 10 rings (SSSR count). The molecule has 0 radical (unpaired) electrons. The molecule has 1 aliphatic rings. The summed E-state index contributed by atoms with van der Waals surface area (Å²) >= 11 is 0. The number of pyridine rings is 2. The van der Waals surface area contributed by atoms with Gasteiger partial charge in [0, 0.05) is 61.3 Å². The van der Waals surface area contributed by atoms with Crippen LogP contribution in [-0.4, -0.2) is 28.2 Å². The van der Waals surface area contributed by atoms with Gasteiger partial charge in [-0.05, 0) is 100 Å². The Morgan fingerprint density at radius 1 is 0.364 bits per heavy atom. The van der Waals surface area contributed by atoms with Crippen molar-refractivity contribution in [1.29, 1.82) is 0 Å². The lowest BCUT2D eigenvalue weighted by Crippen LogP contribution is -1.82. The van der Waals surface area contributed by atoms with Crippen LogP contribution in [0, 0.1) is 29.6 Å². The van der Waals surface area contributed by atoms with Gasteiger partial charge in [-0.3, -0.25) is 4.40 Å². The predicted octanol–water partition coefficient (Wildman–Crippen LogP) is 17.4. The fraction of sp³-hybridized carbons (Fsp3) is 0.350. The number of hydrogen-bond donors (Lipinski definition) is 0. The second-order valence-corrected chi connectivity index (χ2v) is 19.0. The topological polar surface area (TPSA) is 51.9 Å². The van der Waals surface area contributed by atoms with E-state index in [1.54, 1.807) is 18.6 Å². The molecule has 66 heavy (non-hydrogen) atoms. The lowest BCUT2D eigenvalue weighted by atomic mass is 10.1. The van der Waals surface area contributed by atoms with E-state index < -0.39 is 0 Å². The molecule has 6 heterocycles. The molecule has 0 saturated heterocycles. The van der Waals surface area contributed by atoms with E-state index in [9.17, 15) is 0 Å². The highest BCUT2D eigenvalue weighted by Crippen LogP contribution is 2.17. The first-order valence-corrected chi connectivity index (χ1v) is 23.8. The number of imidazole rings is 2. The molecule has 0 amide bonds. The number of nitrogens with zero attached hydrogens (tertiary/aromatic N) is 6. The monoisotopic (exact) mass is 889 g/mol. The maximum Gasteiger partial charge on any atom is 0.233 e. The van der Waals surface area contributed by atoms with Gasteiger partial charge < -0.3 is 8.80 Å². The van der Waals surface area contributed by atoms with E-state index in [2.05, 4.69) is 220 Å². The minimum Gasteiger partial charge on any atom is -0.324 e. The summed E-state index contributed by atoms with van der Waals surface area (Å²) in [6.45, 7) is 32.5. The van der Waals surface area contributed by atoms with Crippen LogP contribution in [0.4, 0.5) is 0 Å². The Bertz CT molecular complexity index is 2170. The quantitative estimate of drug-likeness (QED) is 0.152. The number of aromatic nitrogens is 6. The van der Waals surface area contributed by atoms with Gasteiger partial charge in [0.15, 0.2) is 0 Å². The van der Waals surface area contributed by atoms with E-state index in [0.29, 0.717) is 0 Å². The molecule has 0 bridgehead atoms. The third-order valence-corrected chi connectivity index (χ3v) is 7.26. The van der Waals surface area contributed by atoms with Crippen molar-refractivity contribution in [2.45, 2.75) is 110 Å². The number of allylic oxidation sites excluding steroid dienone is 1. The molecule has 0 fully saturated rings. The van der Waals surface area contributed by atoms with Crippen molar-refractivity contribution in [2.24, 2.45) is 29.6 Å². The molecule has 0 saturated carbocycles. The van der Waals surface area contributed by atoms with Gasteiger partial charge in [-0.25, -0.2) is 15.0 Å². The van der Waals surface area contributed by atoms with Crippen molar-refractivity contribution in [3.05, 3.63) is 200 Å². The van der Waals surface area contributed by atoms with Gasteiger partial charge >= 0.3 is 0 Å². The lowest BCUT2D eigenvalue weighted by Gasteiger charge is -1.93. The minimum absolute atomic E-state index is 0.748. The van der Waals surface area contributed by atoms with Crippen LogP contribution in [0.2, 0.25) is 0 Å². The summed E-state index contributed by atoms with van der Waals surface area (Å²) in [6.07, 6.45) is 22.5. The summed E-state index contributed by atoms with van der Waals surface area (Å²) < 4.78 is 5.92. The molecule has 354 valence electrons. The number of hydrogen-bond acceptors (Lipinski definition) is 3. The van der Waals surface area contributed by atoms with Gasteiger partial charge in [0.25, 0.3) is 0 Å². The Morgan fingerprint density at radius 2 is 0.773 bits per heavy atom. The van der Waals surface area contributed by atoms with Gasteiger partial charge in [-0.1, -0.05) is 201 Å². The second kappa shape index (κ2) is 35.0. The van der Waals surface area contributed by atoms with Crippen molar-refractivity contribution in [3.63, 3.8) is 0 Å². The van der Waals surface area contributed by atoms with Gasteiger partial charge in [-0.2, -0.15) is 0 Å².